The van der Waals surface area contributed by atoms with Gasteiger partial charge in [-0.25, -0.2) is 18.4 Å². The van der Waals surface area contributed by atoms with Crippen LogP contribution >= 0.6 is 11.6 Å². The van der Waals surface area contributed by atoms with Crippen molar-refractivity contribution in [2.75, 3.05) is 18.0 Å². The van der Waals surface area contributed by atoms with Gasteiger partial charge in [0.1, 0.15) is 5.69 Å². The number of halogens is 1. The normalized spacial score (nSPS) is 15.8. The Morgan fingerprint density at radius 2 is 1.69 bits per heavy atom. The van der Waals surface area contributed by atoms with Crippen molar-refractivity contribution in [1.29, 1.82) is 5.26 Å². The second-order valence-corrected chi connectivity index (χ2v) is 9.45. The van der Waals surface area contributed by atoms with E-state index in [1.807, 2.05) is 29.2 Å². The van der Waals surface area contributed by atoms with E-state index in [2.05, 4.69) is 4.98 Å². The Bertz CT molecular complexity index is 1200. The van der Waals surface area contributed by atoms with Crippen LogP contribution in [-0.2, 0) is 9.84 Å². The first-order valence-electron chi connectivity index (χ1n) is 9.41. The second kappa shape index (κ2) is 7.97. The summed E-state index contributed by atoms with van der Waals surface area (Å²) in [4.78, 5) is 11.3. The molecular formula is C21H19ClN4O2S. The van der Waals surface area contributed by atoms with E-state index in [1.165, 1.54) is 12.1 Å². The fourth-order valence-corrected chi connectivity index (χ4v) is 5.25. The first kappa shape index (κ1) is 19.6. The fraction of sp³-hybridized carbons (Fsp3) is 0.286. The molecule has 148 valence electrons. The van der Waals surface area contributed by atoms with Gasteiger partial charge in [-0.15, -0.1) is 0 Å². The third-order valence-electron chi connectivity index (χ3n) is 5.03. The van der Waals surface area contributed by atoms with Crippen LogP contribution < -0.4 is 4.90 Å². The summed E-state index contributed by atoms with van der Waals surface area (Å²) in [5, 5.41) is 8.71. The molecule has 0 amide bonds. The summed E-state index contributed by atoms with van der Waals surface area (Å²) in [5.41, 5.74) is 1.41. The van der Waals surface area contributed by atoms with Gasteiger partial charge in [-0.3, -0.25) is 0 Å². The largest absolute Gasteiger partial charge is 0.355 e. The molecule has 8 heteroatoms. The van der Waals surface area contributed by atoms with Gasteiger partial charge >= 0.3 is 0 Å². The number of hydrogen-bond acceptors (Lipinski definition) is 6. The van der Waals surface area contributed by atoms with Gasteiger partial charge in [0.25, 0.3) is 0 Å². The van der Waals surface area contributed by atoms with Crippen LogP contribution in [0.2, 0.25) is 5.02 Å². The van der Waals surface area contributed by atoms with Crippen molar-refractivity contribution in [1.82, 2.24) is 9.97 Å². The van der Waals surface area contributed by atoms with Gasteiger partial charge in [0.2, 0.25) is 9.84 Å². The Morgan fingerprint density at radius 3 is 2.34 bits per heavy atom. The number of aromatic nitrogens is 2. The van der Waals surface area contributed by atoms with E-state index < -0.39 is 15.1 Å². The number of nitrogens with zero attached hydrogens (tertiary/aromatic N) is 4. The van der Waals surface area contributed by atoms with Gasteiger partial charge in [0, 0.05) is 18.1 Å². The van der Waals surface area contributed by atoms with E-state index in [4.69, 9.17) is 16.6 Å². The zero-order chi connectivity index (χ0) is 20.4. The van der Waals surface area contributed by atoms with Crippen LogP contribution in [0.25, 0.3) is 11.0 Å². The summed E-state index contributed by atoms with van der Waals surface area (Å²) in [6.45, 7) is 1.52. The lowest BCUT2D eigenvalue weighted by molar-refractivity contribution is 0.569. The number of rotatable bonds is 4. The fourth-order valence-electron chi connectivity index (χ4n) is 3.58. The van der Waals surface area contributed by atoms with Crippen LogP contribution in [0.5, 0.6) is 0 Å². The van der Waals surface area contributed by atoms with Gasteiger partial charge in [0.05, 0.1) is 22.0 Å². The molecule has 2 aromatic carbocycles. The summed E-state index contributed by atoms with van der Waals surface area (Å²) in [6, 6.07) is 15.2. The average Bonchev–Trinajstić information content (AvgIpc) is 2.74. The molecule has 1 fully saturated rings. The van der Waals surface area contributed by atoms with E-state index in [9.17, 15) is 13.7 Å². The monoisotopic (exact) mass is 426 g/mol. The average molecular weight is 427 g/mol. The van der Waals surface area contributed by atoms with Crippen molar-refractivity contribution in [3.63, 3.8) is 0 Å². The van der Waals surface area contributed by atoms with E-state index >= 15 is 0 Å². The van der Waals surface area contributed by atoms with Gasteiger partial charge in [-0.1, -0.05) is 29.8 Å². The first-order chi connectivity index (χ1) is 14.0. The molecule has 1 atom stereocenters. The Labute approximate surface area is 174 Å². The maximum Gasteiger partial charge on any atom is 0.200 e. The zero-order valence-electron chi connectivity index (χ0n) is 15.6. The highest BCUT2D eigenvalue weighted by Gasteiger charge is 2.35. The molecule has 1 unspecified atom stereocenters. The number of para-hydroxylation sites is 2. The Balaban J connectivity index is 1.91. The molecule has 0 aliphatic carbocycles. The molecule has 1 aliphatic heterocycles. The van der Waals surface area contributed by atoms with Crippen LogP contribution in [0.15, 0.2) is 53.4 Å². The third-order valence-corrected chi connectivity index (χ3v) is 7.13. The SMILES string of the molecule is N#CC(c1nc2ccccc2nc1N1CCCCC1)S(=O)(=O)c1cccc(Cl)c1. The lowest BCUT2D eigenvalue weighted by atomic mass is 10.1. The number of piperidine rings is 1. The number of hydrogen-bond donors (Lipinski definition) is 0. The molecule has 29 heavy (non-hydrogen) atoms. The first-order valence-corrected chi connectivity index (χ1v) is 11.3. The number of anilines is 1. The number of benzene rings is 2. The molecule has 0 radical (unpaired) electrons. The lowest BCUT2D eigenvalue weighted by Crippen LogP contribution is -2.32. The molecule has 1 saturated heterocycles. The van der Waals surface area contributed by atoms with Crippen LogP contribution in [0.3, 0.4) is 0 Å². The molecule has 0 N–H and O–H groups in total. The van der Waals surface area contributed by atoms with Crippen molar-refractivity contribution < 1.29 is 8.42 Å². The predicted octanol–water partition coefficient (Wildman–Crippen LogP) is 4.31. The van der Waals surface area contributed by atoms with Crippen LogP contribution in [0.4, 0.5) is 5.82 Å². The highest BCUT2D eigenvalue weighted by atomic mass is 35.5. The van der Waals surface area contributed by atoms with Crippen LogP contribution in [0.1, 0.15) is 30.2 Å². The number of fused-ring (bicyclic) bond motifs is 1. The van der Waals surface area contributed by atoms with Crippen molar-refractivity contribution >= 4 is 38.3 Å². The van der Waals surface area contributed by atoms with E-state index in [1.54, 1.807) is 18.2 Å². The summed E-state index contributed by atoms with van der Waals surface area (Å²) in [6.07, 6.45) is 3.10. The topological polar surface area (TPSA) is 86.9 Å². The van der Waals surface area contributed by atoms with Gasteiger partial charge in [-0.05, 0) is 49.6 Å². The molecule has 3 aromatic rings. The van der Waals surface area contributed by atoms with Crippen molar-refractivity contribution in [2.45, 2.75) is 29.4 Å². The van der Waals surface area contributed by atoms with Gasteiger partial charge < -0.3 is 4.90 Å². The Kier molecular flexibility index (Phi) is 5.39. The third kappa shape index (κ3) is 3.78. The molecule has 0 spiro atoms. The molecule has 0 bridgehead atoms. The summed E-state index contributed by atoms with van der Waals surface area (Å²) >= 11 is 5.99. The van der Waals surface area contributed by atoms with E-state index in [0.717, 1.165) is 32.4 Å². The molecule has 1 aromatic heterocycles. The van der Waals surface area contributed by atoms with Gasteiger partial charge in [0.15, 0.2) is 11.1 Å². The minimum atomic E-state index is -4.03. The van der Waals surface area contributed by atoms with E-state index in [-0.39, 0.29) is 10.6 Å². The standard InChI is InChI=1S/C21H19ClN4O2S/c22-15-7-6-8-16(13-15)29(27,28)19(14-23)20-21(26-11-4-1-5-12-26)25-18-10-3-2-9-17(18)24-20/h2-3,6-10,13,19H,1,4-5,11-12H2. The zero-order valence-corrected chi connectivity index (χ0v) is 17.2. The molecule has 2 heterocycles. The summed E-state index contributed by atoms with van der Waals surface area (Å²) in [7, 11) is -4.03. The highest BCUT2D eigenvalue weighted by Crippen LogP contribution is 2.35. The summed E-state index contributed by atoms with van der Waals surface area (Å²) in [5.74, 6) is 0.473. The maximum atomic E-state index is 13.3. The summed E-state index contributed by atoms with van der Waals surface area (Å²) < 4.78 is 26.6. The van der Waals surface area contributed by atoms with E-state index in [0.29, 0.717) is 21.9 Å². The quantitative estimate of drug-likeness (QED) is 0.617. The minimum Gasteiger partial charge on any atom is -0.355 e. The molecule has 4 rings (SSSR count). The molecule has 0 saturated carbocycles. The minimum absolute atomic E-state index is 0.00361. The number of sulfone groups is 1. The second-order valence-electron chi connectivity index (χ2n) is 6.98. The Hall–Kier alpha value is -2.69. The predicted molar refractivity (Wildman–Crippen MR) is 113 cm³/mol. The molecule has 6 nitrogen and oxygen atoms in total. The smallest absolute Gasteiger partial charge is 0.200 e. The molecule has 1 aliphatic rings. The van der Waals surface area contributed by atoms with Crippen LogP contribution in [-0.4, -0.2) is 31.5 Å². The van der Waals surface area contributed by atoms with Crippen LogP contribution in [0, 0.1) is 11.3 Å². The van der Waals surface area contributed by atoms with Gasteiger partial charge in [-0.2, -0.15) is 5.26 Å². The van der Waals surface area contributed by atoms with Crippen molar-refractivity contribution in [2.24, 2.45) is 0 Å². The molecular weight excluding hydrogens is 408 g/mol. The van der Waals surface area contributed by atoms with Crippen molar-refractivity contribution in [3.05, 3.63) is 59.2 Å². The van der Waals surface area contributed by atoms with Crippen molar-refractivity contribution in [3.8, 4) is 6.07 Å². The lowest BCUT2D eigenvalue weighted by Gasteiger charge is -2.30. The number of nitriles is 1. The highest BCUT2D eigenvalue weighted by molar-refractivity contribution is 7.92. The maximum absolute atomic E-state index is 13.3. The Morgan fingerprint density at radius 1 is 1.00 bits per heavy atom.